The fourth-order valence-electron chi connectivity index (χ4n) is 4.06. The van der Waals surface area contributed by atoms with E-state index >= 15 is 0 Å². The minimum Gasteiger partial charge on any atom is -0.361 e. The zero-order valence-corrected chi connectivity index (χ0v) is 14.9. The standard InChI is InChI=1S/C18H29N3O2/c1-13(2)21-12-18(6-5-17(21)22)7-9-20(10-8-18)11-16-14(3)19-23-15(16)4/h13H,5-12H2,1-4H3. The minimum absolute atomic E-state index is 0.319. The lowest BCUT2D eigenvalue weighted by Gasteiger charge is -2.48. The van der Waals surface area contributed by atoms with Gasteiger partial charge in [0.25, 0.3) is 0 Å². The molecule has 128 valence electrons. The van der Waals surface area contributed by atoms with Crippen LogP contribution < -0.4 is 0 Å². The Morgan fingerprint density at radius 1 is 1.22 bits per heavy atom. The summed E-state index contributed by atoms with van der Waals surface area (Å²) in [6.07, 6.45) is 4.16. The van der Waals surface area contributed by atoms with Gasteiger partial charge in [0, 0.05) is 31.1 Å². The molecule has 1 aromatic rings. The molecule has 0 saturated carbocycles. The molecular formula is C18H29N3O2. The summed E-state index contributed by atoms with van der Waals surface area (Å²) >= 11 is 0. The first kappa shape index (κ1) is 16.5. The maximum Gasteiger partial charge on any atom is 0.222 e. The molecule has 23 heavy (non-hydrogen) atoms. The number of hydrogen-bond donors (Lipinski definition) is 0. The normalized spacial score (nSPS) is 22.3. The molecule has 1 amide bonds. The molecule has 2 fully saturated rings. The second-order valence-electron chi connectivity index (χ2n) is 7.69. The van der Waals surface area contributed by atoms with Crippen LogP contribution in [0.5, 0.6) is 0 Å². The third kappa shape index (κ3) is 3.30. The highest BCUT2D eigenvalue weighted by molar-refractivity contribution is 5.77. The van der Waals surface area contributed by atoms with E-state index in [4.69, 9.17) is 4.52 Å². The van der Waals surface area contributed by atoms with Crippen LogP contribution in [0.4, 0.5) is 0 Å². The van der Waals surface area contributed by atoms with E-state index in [2.05, 4.69) is 28.8 Å². The molecule has 2 aliphatic rings. The highest BCUT2D eigenvalue weighted by Crippen LogP contribution is 2.41. The number of aromatic nitrogens is 1. The topological polar surface area (TPSA) is 49.6 Å². The number of aryl methyl sites for hydroxylation is 2. The van der Waals surface area contributed by atoms with E-state index in [0.29, 0.717) is 17.4 Å². The zero-order valence-electron chi connectivity index (χ0n) is 14.9. The minimum atomic E-state index is 0.319. The van der Waals surface area contributed by atoms with Gasteiger partial charge in [0.05, 0.1) is 5.69 Å². The lowest BCUT2D eigenvalue weighted by molar-refractivity contribution is -0.141. The van der Waals surface area contributed by atoms with Crippen LogP contribution in [0.2, 0.25) is 0 Å². The fraction of sp³-hybridized carbons (Fsp3) is 0.778. The van der Waals surface area contributed by atoms with Crippen molar-refractivity contribution in [3.05, 3.63) is 17.0 Å². The first-order chi connectivity index (χ1) is 10.9. The second kappa shape index (κ2) is 6.27. The highest BCUT2D eigenvalue weighted by atomic mass is 16.5. The SMILES string of the molecule is Cc1noc(C)c1CN1CCC2(CCC(=O)N(C(C)C)C2)CC1. The van der Waals surface area contributed by atoms with E-state index in [9.17, 15) is 4.79 Å². The van der Waals surface area contributed by atoms with E-state index < -0.39 is 0 Å². The van der Waals surface area contributed by atoms with Crippen LogP contribution in [-0.4, -0.2) is 46.5 Å². The lowest BCUT2D eigenvalue weighted by Crippen LogP contribution is -2.53. The van der Waals surface area contributed by atoms with Crippen LogP contribution in [-0.2, 0) is 11.3 Å². The molecule has 3 rings (SSSR count). The Morgan fingerprint density at radius 2 is 1.91 bits per heavy atom. The summed E-state index contributed by atoms with van der Waals surface area (Å²) in [6, 6.07) is 0.319. The Kier molecular flexibility index (Phi) is 4.50. The largest absolute Gasteiger partial charge is 0.361 e. The molecule has 2 saturated heterocycles. The van der Waals surface area contributed by atoms with Crippen molar-refractivity contribution in [3.8, 4) is 0 Å². The van der Waals surface area contributed by atoms with Gasteiger partial charge in [-0.3, -0.25) is 9.69 Å². The van der Waals surface area contributed by atoms with Gasteiger partial charge in [-0.1, -0.05) is 5.16 Å². The third-order valence-electron chi connectivity index (χ3n) is 5.80. The van der Waals surface area contributed by atoms with Crippen LogP contribution in [0, 0.1) is 19.3 Å². The van der Waals surface area contributed by atoms with Crippen molar-refractivity contribution in [3.63, 3.8) is 0 Å². The molecule has 0 bridgehead atoms. The summed E-state index contributed by atoms with van der Waals surface area (Å²) < 4.78 is 5.28. The van der Waals surface area contributed by atoms with Gasteiger partial charge < -0.3 is 9.42 Å². The van der Waals surface area contributed by atoms with Crippen molar-refractivity contribution in [2.75, 3.05) is 19.6 Å². The Morgan fingerprint density at radius 3 is 2.48 bits per heavy atom. The summed E-state index contributed by atoms with van der Waals surface area (Å²) in [5, 5.41) is 4.06. The number of hydrogen-bond acceptors (Lipinski definition) is 4. The molecule has 0 N–H and O–H groups in total. The Labute approximate surface area is 139 Å². The molecular weight excluding hydrogens is 290 g/mol. The van der Waals surface area contributed by atoms with Crippen LogP contribution in [0.3, 0.4) is 0 Å². The maximum absolute atomic E-state index is 12.1. The van der Waals surface area contributed by atoms with Crippen LogP contribution in [0.15, 0.2) is 4.52 Å². The molecule has 0 unspecified atom stereocenters. The lowest BCUT2D eigenvalue weighted by atomic mass is 9.72. The number of nitrogens with zero attached hydrogens (tertiary/aromatic N) is 3. The van der Waals surface area contributed by atoms with Gasteiger partial charge in [0.15, 0.2) is 0 Å². The van der Waals surface area contributed by atoms with Crippen molar-refractivity contribution in [2.45, 2.75) is 66.0 Å². The van der Waals surface area contributed by atoms with Crippen molar-refractivity contribution < 1.29 is 9.32 Å². The molecule has 0 radical (unpaired) electrons. The molecule has 2 aliphatic heterocycles. The summed E-state index contributed by atoms with van der Waals surface area (Å²) in [4.78, 5) is 16.7. The van der Waals surface area contributed by atoms with Crippen LogP contribution >= 0.6 is 0 Å². The smallest absolute Gasteiger partial charge is 0.222 e. The molecule has 5 heteroatoms. The molecule has 1 spiro atoms. The average molecular weight is 319 g/mol. The van der Waals surface area contributed by atoms with E-state index in [1.165, 1.54) is 18.4 Å². The first-order valence-corrected chi connectivity index (χ1v) is 8.84. The fourth-order valence-corrected chi connectivity index (χ4v) is 4.06. The molecule has 5 nitrogen and oxygen atoms in total. The van der Waals surface area contributed by atoms with Crippen molar-refractivity contribution in [1.29, 1.82) is 0 Å². The number of likely N-dealkylation sites (tertiary alicyclic amines) is 2. The van der Waals surface area contributed by atoms with Gasteiger partial charge in [-0.2, -0.15) is 0 Å². The Bertz CT molecular complexity index is 551. The average Bonchev–Trinajstić information content (AvgIpc) is 2.84. The molecule has 0 atom stereocenters. The number of carbonyl (C=O) groups is 1. The molecule has 1 aromatic heterocycles. The van der Waals surface area contributed by atoms with Gasteiger partial charge in [-0.15, -0.1) is 0 Å². The molecule has 0 aliphatic carbocycles. The van der Waals surface area contributed by atoms with Crippen molar-refractivity contribution in [2.24, 2.45) is 5.41 Å². The Hall–Kier alpha value is -1.36. The highest BCUT2D eigenvalue weighted by Gasteiger charge is 2.41. The quantitative estimate of drug-likeness (QED) is 0.859. The van der Waals surface area contributed by atoms with E-state index in [1.54, 1.807) is 0 Å². The van der Waals surface area contributed by atoms with Gasteiger partial charge in [0.1, 0.15) is 5.76 Å². The maximum atomic E-state index is 12.1. The number of amides is 1. The summed E-state index contributed by atoms with van der Waals surface area (Å²) in [6.45, 7) is 12.4. The van der Waals surface area contributed by atoms with Gasteiger partial charge >= 0.3 is 0 Å². The van der Waals surface area contributed by atoms with E-state index in [1.807, 2.05) is 13.8 Å². The van der Waals surface area contributed by atoms with Gasteiger partial charge in [-0.05, 0) is 65.5 Å². The van der Waals surface area contributed by atoms with Crippen LogP contribution in [0.1, 0.15) is 56.5 Å². The summed E-state index contributed by atoms with van der Waals surface area (Å²) in [5.41, 5.74) is 2.59. The van der Waals surface area contributed by atoms with Crippen molar-refractivity contribution >= 4 is 5.91 Å². The monoisotopic (exact) mass is 319 g/mol. The van der Waals surface area contributed by atoms with Gasteiger partial charge in [-0.25, -0.2) is 0 Å². The number of piperidine rings is 2. The van der Waals surface area contributed by atoms with Gasteiger partial charge in [0.2, 0.25) is 5.91 Å². The second-order valence-corrected chi connectivity index (χ2v) is 7.69. The summed E-state index contributed by atoms with van der Waals surface area (Å²) in [5.74, 6) is 1.28. The van der Waals surface area contributed by atoms with Crippen LogP contribution in [0.25, 0.3) is 0 Å². The number of carbonyl (C=O) groups excluding carboxylic acids is 1. The first-order valence-electron chi connectivity index (χ1n) is 8.84. The zero-order chi connectivity index (χ0) is 16.6. The third-order valence-corrected chi connectivity index (χ3v) is 5.80. The Balaban J connectivity index is 1.61. The number of rotatable bonds is 3. The molecule has 0 aromatic carbocycles. The predicted molar refractivity (Wildman–Crippen MR) is 89.0 cm³/mol. The van der Waals surface area contributed by atoms with Crippen molar-refractivity contribution in [1.82, 2.24) is 15.0 Å². The predicted octanol–water partition coefficient (Wildman–Crippen LogP) is 2.90. The van der Waals surface area contributed by atoms with E-state index in [0.717, 1.165) is 50.5 Å². The summed E-state index contributed by atoms with van der Waals surface area (Å²) in [7, 11) is 0. The van der Waals surface area contributed by atoms with E-state index in [-0.39, 0.29) is 0 Å². The molecule has 3 heterocycles.